The fraction of sp³-hybridized carbons (Fsp3) is 0.500. The molecule has 0 aliphatic carbocycles. The summed E-state index contributed by atoms with van der Waals surface area (Å²) >= 11 is 0. The normalized spacial score (nSPS) is 19.7. The van der Waals surface area contributed by atoms with Crippen LogP contribution in [0, 0.1) is 11.7 Å². The number of nitrogens with zero attached hydrogens (tertiary/aromatic N) is 3. The number of nitrogen functional groups attached to an aromatic ring is 1. The molecule has 0 spiro atoms. The molecule has 28 heavy (non-hydrogen) atoms. The Morgan fingerprint density at radius 2 is 1.71 bits per heavy atom. The Labute approximate surface area is 167 Å². The molecule has 0 amide bonds. The molecule has 2 saturated heterocycles. The molecule has 5 nitrogen and oxygen atoms in total. The Balaban J connectivity index is 0.000000162. The molecule has 1 atom stereocenters. The molecule has 0 saturated carbocycles. The van der Waals surface area contributed by atoms with E-state index in [0.29, 0.717) is 11.7 Å². The number of rotatable bonds is 3. The quantitative estimate of drug-likeness (QED) is 0.844. The van der Waals surface area contributed by atoms with Gasteiger partial charge in [0.05, 0.1) is 0 Å². The molecule has 2 fully saturated rings. The number of pyridine rings is 1. The standard InChI is InChI=1S/C12H17FN2.C10H15N3/c13-11-4-1-5-12(7-11)15-6-2-3-10(8-14)9-15;11-10-8-9(4-5-12-10)13-6-2-1-3-7-13/h1,4-5,7,10H,2-3,6,8-9,14H2;4-5,8H,1-3,6-7H2,(H2,11,12). The van der Waals surface area contributed by atoms with Crippen molar-refractivity contribution in [2.75, 3.05) is 48.3 Å². The Kier molecular flexibility index (Phi) is 7.48. The summed E-state index contributed by atoms with van der Waals surface area (Å²) in [5, 5.41) is 0. The highest BCUT2D eigenvalue weighted by Crippen LogP contribution is 2.23. The monoisotopic (exact) mass is 385 g/mol. The minimum atomic E-state index is -0.164. The van der Waals surface area contributed by atoms with Gasteiger partial charge < -0.3 is 21.3 Å². The van der Waals surface area contributed by atoms with Crippen LogP contribution in [0.2, 0.25) is 0 Å². The highest BCUT2D eigenvalue weighted by molar-refractivity contribution is 5.52. The van der Waals surface area contributed by atoms with E-state index < -0.39 is 0 Å². The van der Waals surface area contributed by atoms with Gasteiger partial charge in [0, 0.05) is 49.8 Å². The second-order valence-electron chi connectivity index (χ2n) is 7.66. The molecular formula is C22H32FN5. The third-order valence-electron chi connectivity index (χ3n) is 5.51. The lowest BCUT2D eigenvalue weighted by atomic mass is 9.98. The summed E-state index contributed by atoms with van der Waals surface area (Å²) in [6.45, 7) is 5.01. The molecule has 0 bridgehead atoms. The maximum absolute atomic E-state index is 13.0. The number of benzene rings is 1. The van der Waals surface area contributed by atoms with Gasteiger partial charge in [0.15, 0.2) is 0 Å². The van der Waals surface area contributed by atoms with E-state index in [1.165, 1.54) is 37.4 Å². The molecule has 2 aliphatic rings. The van der Waals surface area contributed by atoms with Crippen molar-refractivity contribution in [1.29, 1.82) is 0 Å². The van der Waals surface area contributed by atoms with Gasteiger partial charge in [0.1, 0.15) is 11.6 Å². The first-order valence-electron chi connectivity index (χ1n) is 10.3. The highest BCUT2D eigenvalue weighted by Gasteiger charge is 2.18. The predicted molar refractivity (Wildman–Crippen MR) is 115 cm³/mol. The molecule has 1 unspecified atom stereocenters. The number of anilines is 3. The van der Waals surface area contributed by atoms with Crippen LogP contribution in [0.5, 0.6) is 0 Å². The van der Waals surface area contributed by atoms with Crippen LogP contribution in [0.3, 0.4) is 0 Å². The Morgan fingerprint density at radius 1 is 0.964 bits per heavy atom. The first-order valence-corrected chi connectivity index (χ1v) is 10.3. The van der Waals surface area contributed by atoms with Crippen molar-refractivity contribution in [2.45, 2.75) is 32.1 Å². The van der Waals surface area contributed by atoms with Crippen LogP contribution in [0.15, 0.2) is 42.6 Å². The zero-order chi connectivity index (χ0) is 19.8. The van der Waals surface area contributed by atoms with Crippen LogP contribution < -0.4 is 21.3 Å². The van der Waals surface area contributed by atoms with E-state index in [1.54, 1.807) is 18.3 Å². The van der Waals surface area contributed by atoms with Gasteiger partial charge in [-0.3, -0.25) is 0 Å². The summed E-state index contributed by atoms with van der Waals surface area (Å²) in [6, 6.07) is 10.8. The molecule has 2 aromatic rings. The fourth-order valence-electron chi connectivity index (χ4n) is 3.95. The summed E-state index contributed by atoms with van der Waals surface area (Å²) < 4.78 is 13.0. The van der Waals surface area contributed by atoms with E-state index in [9.17, 15) is 4.39 Å². The van der Waals surface area contributed by atoms with Gasteiger partial charge in [0.25, 0.3) is 0 Å². The third-order valence-corrected chi connectivity index (χ3v) is 5.51. The maximum Gasteiger partial charge on any atom is 0.125 e. The van der Waals surface area contributed by atoms with Crippen molar-refractivity contribution in [1.82, 2.24) is 4.98 Å². The topological polar surface area (TPSA) is 71.4 Å². The predicted octanol–water partition coefficient (Wildman–Crippen LogP) is 3.65. The van der Waals surface area contributed by atoms with E-state index in [-0.39, 0.29) is 5.82 Å². The van der Waals surface area contributed by atoms with Crippen LogP contribution in [-0.4, -0.2) is 37.7 Å². The minimum absolute atomic E-state index is 0.164. The molecule has 0 radical (unpaired) electrons. The molecular weight excluding hydrogens is 353 g/mol. The van der Waals surface area contributed by atoms with Gasteiger partial charge in [0.2, 0.25) is 0 Å². The van der Waals surface area contributed by atoms with Crippen molar-refractivity contribution >= 4 is 17.2 Å². The van der Waals surface area contributed by atoms with Crippen LogP contribution in [0.1, 0.15) is 32.1 Å². The van der Waals surface area contributed by atoms with Crippen molar-refractivity contribution in [3.05, 3.63) is 48.4 Å². The zero-order valence-corrected chi connectivity index (χ0v) is 16.6. The van der Waals surface area contributed by atoms with E-state index in [1.807, 2.05) is 18.2 Å². The van der Waals surface area contributed by atoms with Crippen LogP contribution in [-0.2, 0) is 0 Å². The first kappa shape index (κ1) is 20.4. The van der Waals surface area contributed by atoms with Crippen LogP contribution in [0.4, 0.5) is 21.6 Å². The molecule has 1 aromatic heterocycles. The summed E-state index contributed by atoms with van der Waals surface area (Å²) in [5.74, 6) is 1.01. The molecule has 152 valence electrons. The lowest BCUT2D eigenvalue weighted by molar-refractivity contribution is 0.423. The summed E-state index contributed by atoms with van der Waals surface area (Å²) in [6.07, 6.45) is 8.07. The highest BCUT2D eigenvalue weighted by atomic mass is 19.1. The number of hydrogen-bond donors (Lipinski definition) is 2. The summed E-state index contributed by atoms with van der Waals surface area (Å²) in [7, 11) is 0. The van der Waals surface area contributed by atoms with Crippen LogP contribution >= 0.6 is 0 Å². The Bertz CT molecular complexity index is 732. The lowest BCUT2D eigenvalue weighted by Gasteiger charge is -2.33. The number of aromatic nitrogens is 1. The molecule has 3 heterocycles. The number of piperidine rings is 2. The van der Waals surface area contributed by atoms with Crippen molar-refractivity contribution < 1.29 is 4.39 Å². The Hall–Kier alpha value is -2.34. The number of nitrogens with two attached hydrogens (primary N) is 2. The molecule has 6 heteroatoms. The summed E-state index contributed by atoms with van der Waals surface area (Å²) in [4.78, 5) is 8.59. The second-order valence-corrected chi connectivity index (χ2v) is 7.66. The van der Waals surface area contributed by atoms with Crippen LogP contribution in [0.25, 0.3) is 0 Å². The first-order chi connectivity index (χ1) is 13.7. The van der Waals surface area contributed by atoms with E-state index >= 15 is 0 Å². The number of hydrogen-bond acceptors (Lipinski definition) is 5. The fourth-order valence-corrected chi connectivity index (χ4v) is 3.95. The average molecular weight is 386 g/mol. The number of halogens is 1. The van der Waals surface area contributed by atoms with Gasteiger partial charge in [-0.1, -0.05) is 6.07 Å². The largest absolute Gasteiger partial charge is 0.384 e. The SMILES string of the molecule is NCC1CCCN(c2cccc(F)c2)C1.Nc1cc(N2CCCCC2)ccn1. The maximum atomic E-state index is 13.0. The van der Waals surface area contributed by atoms with Gasteiger partial charge in [-0.25, -0.2) is 9.37 Å². The molecule has 2 aliphatic heterocycles. The van der Waals surface area contributed by atoms with E-state index in [2.05, 4.69) is 14.8 Å². The van der Waals surface area contributed by atoms with Crippen molar-refractivity contribution in [2.24, 2.45) is 11.7 Å². The second kappa shape index (κ2) is 10.3. The van der Waals surface area contributed by atoms with E-state index in [4.69, 9.17) is 11.5 Å². The Morgan fingerprint density at radius 3 is 2.43 bits per heavy atom. The zero-order valence-electron chi connectivity index (χ0n) is 16.6. The lowest BCUT2D eigenvalue weighted by Crippen LogP contribution is -2.38. The van der Waals surface area contributed by atoms with Gasteiger partial charge in [-0.15, -0.1) is 0 Å². The molecule has 4 rings (SSSR count). The van der Waals surface area contributed by atoms with Crippen molar-refractivity contribution in [3.8, 4) is 0 Å². The average Bonchev–Trinajstić information content (AvgIpc) is 2.75. The molecule has 1 aromatic carbocycles. The minimum Gasteiger partial charge on any atom is -0.384 e. The summed E-state index contributed by atoms with van der Waals surface area (Å²) in [5.41, 5.74) is 13.5. The van der Waals surface area contributed by atoms with Gasteiger partial charge in [-0.2, -0.15) is 0 Å². The molecule has 4 N–H and O–H groups in total. The smallest absolute Gasteiger partial charge is 0.125 e. The van der Waals surface area contributed by atoms with Gasteiger partial charge in [-0.05, 0) is 68.8 Å². The third kappa shape index (κ3) is 5.83. The van der Waals surface area contributed by atoms with E-state index in [0.717, 1.165) is 44.8 Å². The van der Waals surface area contributed by atoms with Gasteiger partial charge >= 0.3 is 0 Å². The van der Waals surface area contributed by atoms with Crippen molar-refractivity contribution in [3.63, 3.8) is 0 Å².